The van der Waals surface area contributed by atoms with Crippen LogP contribution in [-0.4, -0.2) is 21.3 Å². The van der Waals surface area contributed by atoms with Crippen molar-refractivity contribution in [3.8, 4) is 17.7 Å². The summed E-state index contributed by atoms with van der Waals surface area (Å²) in [5, 5.41) is 27.2. The zero-order chi connectivity index (χ0) is 14.0. The number of nitriles is 1. The number of ether oxygens (including phenoxy) is 1. The molecule has 96 valence electrons. The second kappa shape index (κ2) is 5.04. The summed E-state index contributed by atoms with van der Waals surface area (Å²) in [5.74, 6) is -0.608. The molecule has 7 heteroatoms. The van der Waals surface area contributed by atoms with Crippen LogP contribution in [0.4, 0.5) is 0 Å². The summed E-state index contributed by atoms with van der Waals surface area (Å²) >= 11 is 1.04. The summed E-state index contributed by atoms with van der Waals surface area (Å²) in [7, 11) is 0. The van der Waals surface area contributed by atoms with Crippen molar-refractivity contribution in [2.24, 2.45) is 0 Å². The van der Waals surface area contributed by atoms with Crippen molar-refractivity contribution >= 4 is 17.3 Å². The number of hydrogen-bond donors (Lipinski definition) is 1. The Morgan fingerprint density at radius 2 is 2.21 bits per heavy atom. The Hall–Kier alpha value is -2.46. The molecule has 2 rings (SSSR count). The average Bonchev–Trinajstić information content (AvgIpc) is 2.83. The van der Waals surface area contributed by atoms with Gasteiger partial charge < -0.3 is 9.84 Å². The molecule has 0 spiro atoms. The normalized spacial score (nSPS) is 9.95. The minimum absolute atomic E-state index is 0.0836. The molecular formula is C12H9N3O3S. The summed E-state index contributed by atoms with van der Waals surface area (Å²) < 4.78 is 5.42. The molecule has 0 atom stereocenters. The predicted octanol–water partition coefficient (Wildman–Crippen LogP) is 2.52. The van der Waals surface area contributed by atoms with Gasteiger partial charge in [0.2, 0.25) is 0 Å². The summed E-state index contributed by atoms with van der Waals surface area (Å²) in [4.78, 5) is 10.9. The Labute approximate surface area is 112 Å². The van der Waals surface area contributed by atoms with E-state index in [2.05, 4.69) is 10.2 Å². The lowest BCUT2D eigenvalue weighted by Gasteiger charge is -2.06. The summed E-state index contributed by atoms with van der Waals surface area (Å²) in [6.07, 6.45) is 0. The van der Waals surface area contributed by atoms with E-state index < -0.39 is 5.97 Å². The number of aromatic carboxylic acids is 1. The molecule has 6 nitrogen and oxygen atoms in total. The molecule has 0 aliphatic heterocycles. The molecule has 0 bridgehead atoms. The average molecular weight is 275 g/mol. The van der Waals surface area contributed by atoms with Gasteiger partial charge in [0.1, 0.15) is 22.3 Å². The zero-order valence-corrected chi connectivity index (χ0v) is 11.0. The van der Waals surface area contributed by atoms with E-state index in [4.69, 9.17) is 15.1 Å². The van der Waals surface area contributed by atoms with E-state index in [0.717, 1.165) is 11.3 Å². The lowest BCUT2D eigenvalue weighted by molar-refractivity contribution is 0.0702. The lowest BCUT2D eigenvalue weighted by Crippen LogP contribution is -2.00. The molecule has 0 saturated heterocycles. The van der Waals surface area contributed by atoms with Crippen molar-refractivity contribution in [2.75, 3.05) is 0 Å². The van der Waals surface area contributed by atoms with Crippen molar-refractivity contribution in [2.45, 2.75) is 13.8 Å². The Bertz CT molecular complexity index is 688. The van der Waals surface area contributed by atoms with Gasteiger partial charge in [-0.05, 0) is 19.4 Å². The number of carboxylic acid groups (broad SMARTS) is 1. The Kier molecular flexibility index (Phi) is 3.44. The summed E-state index contributed by atoms with van der Waals surface area (Å²) in [6.45, 7) is 3.51. The van der Waals surface area contributed by atoms with E-state index in [1.54, 1.807) is 19.2 Å². The Morgan fingerprint density at radius 3 is 2.79 bits per heavy atom. The predicted molar refractivity (Wildman–Crippen MR) is 67.6 cm³/mol. The molecule has 0 fully saturated rings. The van der Waals surface area contributed by atoms with Crippen LogP contribution in [0.25, 0.3) is 0 Å². The summed E-state index contributed by atoms with van der Waals surface area (Å²) in [5.41, 5.74) is 1.65. The monoisotopic (exact) mass is 275 g/mol. The van der Waals surface area contributed by atoms with Crippen molar-refractivity contribution < 1.29 is 14.6 Å². The van der Waals surface area contributed by atoms with Crippen LogP contribution in [0.2, 0.25) is 0 Å². The van der Waals surface area contributed by atoms with Crippen LogP contribution < -0.4 is 4.74 Å². The Morgan fingerprint density at radius 1 is 1.47 bits per heavy atom. The maximum Gasteiger partial charge on any atom is 0.346 e. The Balaban J connectivity index is 2.36. The number of hydrogen-bond acceptors (Lipinski definition) is 6. The van der Waals surface area contributed by atoms with Crippen LogP contribution >= 0.6 is 11.3 Å². The third kappa shape index (κ3) is 2.53. The van der Waals surface area contributed by atoms with Gasteiger partial charge in [-0.1, -0.05) is 0 Å². The molecule has 2 aromatic rings. The first-order valence-corrected chi connectivity index (χ1v) is 6.14. The second-order valence-corrected chi connectivity index (χ2v) is 4.67. The molecular weight excluding hydrogens is 266 g/mol. The molecule has 2 aromatic heterocycles. The third-order valence-corrected chi connectivity index (χ3v) is 3.43. The molecule has 19 heavy (non-hydrogen) atoms. The van der Waals surface area contributed by atoms with Gasteiger partial charge in [-0.25, -0.2) is 4.79 Å². The van der Waals surface area contributed by atoms with E-state index in [1.807, 2.05) is 6.07 Å². The number of thiophene rings is 1. The van der Waals surface area contributed by atoms with Gasteiger partial charge in [0, 0.05) is 11.4 Å². The minimum atomic E-state index is -1.02. The fourth-order valence-corrected chi connectivity index (χ4v) is 2.03. The van der Waals surface area contributed by atoms with Gasteiger partial charge in [0.05, 0.1) is 5.69 Å². The number of carbonyl (C=O) groups is 1. The highest BCUT2D eigenvalue weighted by Gasteiger charge is 2.14. The van der Waals surface area contributed by atoms with Crippen LogP contribution in [0, 0.1) is 25.2 Å². The van der Waals surface area contributed by atoms with Gasteiger partial charge in [0.15, 0.2) is 0 Å². The molecule has 0 amide bonds. The SMILES string of the molecule is Cc1nnc(Oc2csc(C(=O)O)c2)c(C#N)c1C. The number of aromatic nitrogens is 2. The highest BCUT2D eigenvalue weighted by molar-refractivity contribution is 7.12. The first-order valence-electron chi connectivity index (χ1n) is 5.26. The van der Waals surface area contributed by atoms with Crippen LogP contribution in [-0.2, 0) is 0 Å². The minimum Gasteiger partial charge on any atom is -0.477 e. The molecule has 0 aliphatic carbocycles. The molecule has 2 heterocycles. The number of nitrogens with zero attached hydrogens (tertiary/aromatic N) is 3. The van der Waals surface area contributed by atoms with Gasteiger partial charge in [-0.2, -0.15) is 10.4 Å². The topological polar surface area (TPSA) is 96.1 Å². The van der Waals surface area contributed by atoms with Crippen LogP contribution in [0.3, 0.4) is 0 Å². The lowest BCUT2D eigenvalue weighted by atomic mass is 10.1. The van der Waals surface area contributed by atoms with E-state index in [1.165, 1.54) is 6.07 Å². The van der Waals surface area contributed by atoms with Crippen molar-refractivity contribution in [3.05, 3.63) is 33.1 Å². The van der Waals surface area contributed by atoms with Crippen LogP contribution in [0.1, 0.15) is 26.5 Å². The van der Waals surface area contributed by atoms with Gasteiger partial charge in [-0.3, -0.25) is 0 Å². The zero-order valence-electron chi connectivity index (χ0n) is 10.2. The fraction of sp³-hybridized carbons (Fsp3) is 0.167. The smallest absolute Gasteiger partial charge is 0.346 e. The molecule has 1 N–H and O–H groups in total. The first-order chi connectivity index (χ1) is 9.02. The maximum atomic E-state index is 10.8. The van der Waals surface area contributed by atoms with Gasteiger partial charge >= 0.3 is 5.97 Å². The molecule has 0 aromatic carbocycles. The van der Waals surface area contributed by atoms with Gasteiger partial charge in [-0.15, -0.1) is 16.4 Å². The number of rotatable bonds is 3. The molecule has 0 radical (unpaired) electrons. The van der Waals surface area contributed by atoms with E-state index in [-0.39, 0.29) is 10.8 Å². The highest BCUT2D eigenvalue weighted by atomic mass is 32.1. The molecule has 0 saturated carbocycles. The molecule has 0 unspecified atom stereocenters. The van der Waals surface area contributed by atoms with Crippen molar-refractivity contribution in [1.82, 2.24) is 10.2 Å². The van der Waals surface area contributed by atoms with Crippen LogP contribution in [0.15, 0.2) is 11.4 Å². The van der Waals surface area contributed by atoms with E-state index in [9.17, 15) is 4.79 Å². The highest BCUT2D eigenvalue weighted by Crippen LogP contribution is 2.28. The maximum absolute atomic E-state index is 10.8. The van der Waals surface area contributed by atoms with Gasteiger partial charge in [0.25, 0.3) is 5.88 Å². The van der Waals surface area contributed by atoms with Crippen LogP contribution in [0.5, 0.6) is 11.6 Å². The standard InChI is InChI=1S/C12H9N3O3S/c1-6-7(2)14-15-11(9(6)4-13)18-8-3-10(12(16)17)19-5-8/h3,5H,1-2H3,(H,16,17). The number of carboxylic acids is 1. The second-order valence-electron chi connectivity index (χ2n) is 3.76. The first kappa shape index (κ1) is 13.0. The van der Waals surface area contributed by atoms with Crippen molar-refractivity contribution in [3.63, 3.8) is 0 Å². The molecule has 0 aliphatic rings. The van der Waals surface area contributed by atoms with E-state index in [0.29, 0.717) is 22.6 Å². The number of aryl methyl sites for hydroxylation is 1. The summed E-state index contributed by atoms with van der Waals surface area (Å²) in [6, 6.07) is 3.39. The third-order valence-electron chi connectivity index (χ3n) is 2.53. The fourth-order valence-electron chi connectivity index (χ4n) is 1.39. The quantitative estimate of drug-likeness (QED) is 0.924. The van der Waals surface area contributed by atoms with Crippen molar-refractivity contribution in [1.29, 1.82) is 5.26 Å². The van der Waals surface area contributed by atoms with E-state index >= 15 is 0 Å². The largest absolute Gasteiger partial charge is 0.477 e.